The van der Waals surface area contributed by atoms with Crippen LogP contribution in [0.5, 0.6) is 5.75 Å². The van der Waals surface area contributed by atoms with E-state index in [1.54, 1.807) is 63.2 Å². The highest BCUT2D eigenvalue weighted by molar-refractivity contribution is 7.87. The molecule has 0 aliphatic carbocycles. The normalized spacial score (nSPS) is 12.3. The fraction of sp³-hybridized carbons (Fsp3) is 0.310. The molecule has 202 valence electrons. The number of hydrogen-bond donors (Lipinski definition) is 1. The maximum absolute atomic E-state index is 12.5. The number of rotatable bonds is 11. The molecule has 0 saturated heterocycles. The Morgan fingerprint density at radius 3 is 2.05 bits per heavy atom. The summed E-state index contributed by atoms with van der Waals surface area (Å²) in [6.45, 7) is 5.70. The van der Waals surface area contributed by atoms with Crippen LogP contribution in [0.3, 0.4) is 0 Å². The van der Waals surface area contributed by atoms with Crippen LogP contribution >= 0.6 is 0 Å². The summed E-state index contributed by atoms with van der Waals surface area (Å²) in [5, 5.41) is 2.73. The van der Waals surface area contributed by atoms with Gasteiger partial charge in [0, 0.05) is 6.54 Å². The first-order chi connectivity index (χ1) is 18.0. The lowest BCUT2D eigenvalue weighted by Gasteiger charge is -2.22. The summed E-state index contributed by atoms with van der Waals surface area (Å²) in [5.74, 6) is -0.492. The third-order valence-corrected chi connectivity index (χ3v) is 6.57. The topological polar surface area (TPSA) is 108 Å². The van der Waals surface area contributed by atoms with E-state index in [9.17, 15) is 18.0 Å². The molecule has 1 unspecified atom stereocenters. The molecule has 0 fully saturated rings. The van der Waals surface area contributed by atoms with E-state index in [1.807, 2.05) is 30.3 Å². The van der Waals surface area contributed by atoms with E-state index in [-0.39, 0.29) is 42.1 Å². The Morgan fingerprint density at radius 2 is 1.45 bits per heavy atom. The first-order valence-corrected chi connectivity index (χ1v) is 13.7. The van der Waals surface area contributed by atoms with Crippen LogP contribution in [0.25, 0.3) is 0 Å². The van der Waals surface area contributed by atoms with Gasteiger partial charge in [0.2, 0.25) is 0 Å². The van der Waals surface area contributed by atoms with Gasteiger partial charge in [-0.2, -0.15) is 8.42 Å². The molecule has 1 N–H and O–H groups in total. The summed E-state index contributed by atoms with van der Waals surface area (Å²) in [7, 11) is -3.95. The van der Waals surface area contributed by atoms with Crippen molar-refractivity contribution < 1.29 is 31.7 Å². The van der Waals surface area contributed by atoms with E-state index >= 15 is 0 Å². The SMILES string of the molecule is CC(C)(C)OC(=O)CC(CNC(=O)OCc1ccccc1)Cc1ccc(OS(=O)(=O)c2ccccc2)cc1. The summed E-state index contributed by atoms with van der Waals surface area (Å²) in [6, 6.07) is 23.8. The predicted molar refractivity (Wildman–Crippen MR) is 143 cm³/mol. The summed E-state index contributed by atoms with van der Waals surface area (Å²) < 4.78 is 40.9. The van der Waals surface area contributed by atoms with Gasteiger partial charge in [-0.15, -0.1) is 0 Å². The van der Waals surface area contributed by atoms with Crippen LogP contribution in [0.1, 0.15) is 38.3 Å². The van der Waals surface area contributed by atoms with Crippen LogP contribution in [0.4, 0.5) is 4.79 Å². The van der Waals surface area contributed by atoms with Crippen molar-refractivity contribution in [2.45, 2.75) is 50.7 Å². The number of carbonyl (C=O) groups excluding carboxylic acids is 2. The monoisotopic (exact) mass is 539 g/mol. The summed E-state index contributed by atoms with van der Waals surface area (Å²) in [4.78, 5) is 24.8. The van der Waals surface area contributed by atoms with Crippen molar-refractivity contribution in [3.05, 3.63) is 96.1 Å². The first-order valence-electron chi connectivity index (χ1n) is 12.2. The number of amides is 1. The number of nitrogens with one attached hydrogen (secondary N) is 1. The number of hydrogen-bond acceptors (Lipinski definition) is 7. The lowest BCUT2D eigenvalue weighted by atomic mass is 9.96. The zero-order chi connectivity index (χ0) is 27.6. The van der Waals surface area contributed by atoms with Gasteiger partial charge in [0.15, 0.2) is 0 Å². The Balaban J connectivity index is 1.62. The molecule has 3 aromatic carbocycles. The molecule has 0 radical (unpaired) electrons. The molecule has 0 aliphatic rings. The van der Waals surface area contributed by atoms with Crippen LogP contribution < -0.4 is 9.50 Å². The average Bonchev–Trinajstić information content (AvgIpc) is 2.87. The van der Waals surface area contributed by atoms with Crippen molar-refractivity contribution in [1.29, 1.82) is 0 Å². The molecule has 8 nitrogen and oxygen atoms in total. The van der Waals surface area contributed by atoms with Crippen LogP contribution in [0.15, 0.2) is 89.8 Å². The minimum absolute atomic E-state index is 0.0618. The van der Waals surface area contributed by atoms with E-state index in [1.165, 1.54) is 12.1 Å². The van der Waals surface area contributed by atoms with Crippen molar-refractivity contribution in [3.63, 3.8) is 0 Å². The van der Waals surface area contributed by atoms with Crippen LogP contribution in [-0.4, -0.2) is 32.6 Å². The van der Waals surface area contributed by atoms with Gasteiger partial charge in [-0.25, -0.2) is 4.79 Å². The average molecular weight is 540 g/mol. The largest absolute Gasteiger partial charge is 0.460 e. The fourth-order valence-corrected chi connectivity index (χ4v) is 4.56. The number of ether oxygens (including phenoxy) is 2. The predicted octanol–water partition coefficient (Wildman–Crippen LogP) is 5.27. The van der Waals surface area contributed by atoms with Gasteiger partial charge in [-0.1, -0.05) is 60.7 Å². The standard InChI is InChI=1S/C29H33NO7S/c1-29(2,3)36-27(31)19-24(20-30-28(32)35-21-23-10-6-4-7-11-23)18-22-14-16-25(17-15-22)37-38(33,34)26-12-8-5-9-13-26/h4-17,24H,18-21H2,1-3H3,(H,30,32). The molecule has 3 rings (SSSR count). The highest BCUT2D eigenvalue weighted by atomic mass is 32.2. The highest BCUT2D eigenvalue weighted by Gasteiger charge is 2.22. The molecular formula is C29H33NO7S. The van der Waals surface area contributed by atoms with Gasteiger partial charge >= 0.3 is 22.2 Å². The molecule has 0 bridgehead atoms. The van der Waals surface area contributed by atoms with Crippen molar-refractivity contribution in [2.24, 2.45) is 5.92 Å². The zero-order valence-electron chi connectivity index (χ0n) is 21.8. The molecule has 0 spiro atoms. The highest BCUT2D eigenvalue weighted by Crippen LogP contribution is 2.22. The lowest BCUT2D eigenvalue weighted by Crippen LogP contribution is -2.33. The lowest BCUT2D eigenvalue weighted by molar-refractivity contribution is -0.155. The number of benzene rings is 3. The van der Waals surface area contributed by atoms with E-state index in [4.69, 9.17) is 13.7 Å². The van der Waals surface area contributed by atoms with E-state index in [0.29, 0.717) is 6.42 Å². The van der Waals surface area contributed by atoms with Crippen LogP contribution in [0, 0.1) is 5.92 Å². The van der Waals surface area contributed by atoms with Gasteiger partial charge in [-0.05, 0) is 68.5 Å². The molecule has 0 aliphatic heterocycles. The third-order valence-electron chi connectivity index (χ3n) is 5.31. The fourth-order valence-electron chi connectivity index (χ4n) is 3.61. The number of alkyl carbamates (subject to hydrolysis) is 1. The molecule has 0 saturated carbocycles. The summed E-state index contributed by atoms with van der Waals surface area (Å²) >= 11 is 0. The number of esters is 1. The zero-order valence-corrected chi connectivity index (χ0v) is 22.6. The Hall–Kier alpha value is -3.85. The van der Waals surface area contributed by atoms with Crippen molar-refractivity contribution in [2.75, 3.05) is 6.54 Å². The summed E-state index contributed by atoms with van der Waals surface area (Å²) in [6.07, 6.45) is -0.0706. The molecule has 0 aromatic heterocycles. The van der Waals surface area contributed by atoms with E-state index in [2.05, 4.69) is 5.32 Å². The Bertz CT molecular complexity index is 1290. The number of carbonyl (C=O) groups is 2. The summed E-state index contributed by atoms with van der Waals surface area (Å²) in [5.41, 5.74) is 1.07. The second kappa shape index (κ2) is 13.1. The van der Waals surface area contributed by atoms with Crippen LogP contribution in [-0.2, 0) is 37.4 Å². The molecular weight excluding hydrogens is 506 g/mol. The quantitative estimate of drug-likeness (QED) is 0.261. The van der Waals surface area contributed by atoms with Crippen LogP contribution in [0.2, 0.25) is 0 Å². The maximum atomic E-state index is 12.5. The molecule has 0 heterocycles. The molecule has 1 atom stereocenters. The van der Waals surface area contributed by atoms with Gasteiger partial charge in [-0.3, -0.25) is 4.79 Å². The Labute approximate surface area is 224 Å². The van der Waals surface area contributed by atoms with Crippen molar-refractivity contribution in [3.8, 4) is 5.75 Å². The Morgan fingerprint density at radius 1 is 0.842 bits per heavy atom. The maximum Gasteiger partial charge on any atom is 0.407 e. The minimum atomic E-state index is -3.95. The minimum Gasteiger partial charge on any atom is -0.460 e. The first kappa shape index (κ1) is 28.7. The van der Waals surface area contributed by atoms with Gasteiger partial charge in [0.1, 0.15) is 22.9 Å². The molecule has 3 aromatic rings. The third kappa shape index (κ3) is 9.89. The van der Waals surface area contributed by atoms with Crippen molar-refractivity contribution >= 4 is 22.2 Å². The second-order valence-corrected chi connectivity index (χ2v) is 11.3. The molecule has 1 amide bonds. The van der Waals surface area contributed by atoms with E-state index < -0.39 is 21.8 Å². The molecule has 9 heteroatoms. The van der Waals surface area contributed by atoms with Gasteiger partial charge in [0.25, 0.3) is 0 Å². The van der Waals surface area contributed by atoms with Crippen molar-refractivity contribution in [1.82, 2.24) is 5.32 Å². The van der Waals surface area contributed by atoms with E-state index in [0.717, 1.165) is 11.1 Å². The van der Waals surface area contributed by atoms with Gasteiger partial charge < -0.3 is 19.0 Å². The second-order valence-electron chi connectivity index (χ2n) is 9.80. The molecule has 38 heavy (non-hydrogen) atoms. The Kier molecular flexibility index (Phi) is 9.90. The smallest absolute Gasteiger partial charge is 0.407 e. The van der Waals surface area contributed by atoms with Gasteiger partial charge in [0.05, 0.1) is 6.42 Å².